The lowest BCUT2D eigenvalue weighted by Crippen LogP contribution is -2.20. The number of rotatable bonds is 8. The summed E-state index contributed by atoms with van der Waals surface area (Å²) in [7, 11) is 0. The van der Waals surface area contributed by atoms with E-state index in [1.165, 1.54) is 5.56 Å². The summed E-state index contributed by atoms with van der Waals surface area (Å²) < 4.78 is 11.1. The Hall–Kier alpha value is -2.49. The van der Waals surface area contributed by atoms with Crippen LogP contribution in [0.25, 0.3) is 0 Å². The van der Waals surface area contributed by atoms with Gasteiger partial charge in [-0.25, -0.2) is 0 Å². The quantitative estimate of drug-likeness (QED) is 0.770. The molecule has 0 fully saturated rings. The zero-order valence-corrected chi connectivity index (χ0v) is 14.5. The average Bonchev–Trinajstić information content (AvgIpc) is 2.59. The van der Waals surface area contributed by atoms with Gasteiger partial charge in [-0.05, 0) is 42.2 Å². The molecule has 2 aromatic carbocycles. The Morgan fingerprint density at radius 1 is 1.04 bits per heavy atom. The monoisotopic (exact) mass is 327 g/mol. The summed E-state index contributed by atoms with van der Waals surface area (Å²) in [6.07, 6.45) is 0.944. The van der Waals surface area contributed by atoms with Gasteiger partial charge in [-0.1, -0.05) is 39.0 Å². The van der Waals surface area contributed by atoms with Crippen LogP contribution in [0.3, 0.4) is 0 Å². The highest BCUT2D eigenvalue weighted by atomic mass is 16.5. The molecule has 0 aliphatic heterocycles. The van der Waals surface area contributed by atoms with Crippen LogP contribution in [0.4, 0.5) is 5.69 Å². The Labute approximate surface area is 143 Å². The van der Waals surface area contributed by atoms with Crippen LogP contribution in [-0.4, -0.2) is 19.1 Å². The lowest BCUT2D eigenvalue weighted by Gasteiger charge is -2.10. The van der Waals surface area contributed by atoms with E-state index in [9.17, 15) is 4.79 Å². The molecule has 0 aromatic heterocycles. The second-order valence-corrected chi connectivity index (χ2v) is 5.94. The number of carbonyl (C=O) groups is 1. The number of amides is 1. The average molecular weight is 327 g/mol. The van der Waals surface area contributed by atoms with Gasteiger partial charge in [-0.15, -0.1) is 0 Å². The molecule has 0 radical (unpaired) electrons. The fourth-order valence-electron chi connectivity index (χ4n) is 2.18. The minimum absolute atomic E-state index is 0.0267. The van der Waals surface area contributed by atoms with Gasteiger partial charge in [0.25, 0.3) is 5.91 Å². The zero-order valence-electron chi connectivity index (χ0n) is 14.5. The summed E-state index contributed by atoms with van der Waals surface area (Å²) in [5, 5.41) is 2.81. The first-order valence-electron chi connectivity index (χ1n) is 8.34. The largest absolute Gasteiger partial charge is 0.494 e. The Morgan fingerprint density at radius 3 is 2.46 bits per heavy atom. The van der Waals surface area contributed by atoms with E-state index in [1.54, 1.807) is 0 Å². The molecule has 2 aromatic rings. The number of carbonyl (C=O) groups excluding carboxylic acids is 1. The number of ether oxygens (including phenoxy) is 2. The third-order valence-electron chi connectivity index (χ3n) is 3.51. The number of nitrogens with one attached hydrogen (secondary N) is 1. The third-order valence-corrected chi connectivity index (χ3v) is 3.51. The topological polar surface area (TPSA) is 47.6 Å². The molecule has 0 aliphatic carbocycles. The first-order valence-corrected chi connectivity index (χ1v) is 8.34. The Balaban J connectivity index is 1.84. The van der Waals surface area contributed by atoms with E-state index in [1.807, 2.05) is 48.5 Å². The number of anilines is 1. The minimum Gasteiger partial charge on any atom is -0.494 e. The molecule has 0 spiro atoms. The molecule has 4 heteroatoms. The van der Waals surface area contributed by atoms with Gasteiger partial charge >= 0.3 is 0 Å². The van der Waals surface area contributed by atoms with Crippen LogP contribution in [0, 0.1) is 0 Å². The molecule has 0 unspecified atom stereocenters. The molecule has 0 atom stereocenters. The highest BCUT2D eigenvalue weighted by Crippen LogP contribution is 2.19. The van der Waals surface area contributed by atoms with E-state index in [-0.39, 0.29) is 12.5 Å². The van der Waals surface area contributed by atoms with Gasteiger partial charge in [0.05, 0.1) is 6.61 Å². The molecular weight excluding hydrogens is 302 g/mol. The fourth-order valence-corrected chi connectivity index (χ4v) is 2.18. The highest BCUT2D eigenvalue weighted by Gasteiger charge is 2.05. The van der Waals surface area contributed by atoms with Crippen molar-refractivity contribution in [2.75, 3.05) is 18.5 Å². The Bertz CT molecular complexity index is 650. The minimum atomic E-state index is -0.199. The molecule has 128 valence electrons. The number of benzene rings is 2. The standard InChI is InChI=1S/C20H25NO3/c1-4-12-23-19-7-5-6-17(13-19)21-20(22)14-24-18-10-8-16(9-11-18)15(2)3/h5-11,13,15H,4,12,14H2,1-3H3,(H,21,22). The van der Waals surface area contributed by atoms with Gasteiger partial charge in [0.2, 0.25) is 0 Å². The van der Waals surface area contributed by atoms with Crippen LogP contribution in [-0.2, 0) is 4.79 Å². The summed E-state index contributed by atoms with van der Waals surface area (Å²) >= 11 is 0. The zero-order chi connectivity index (χ0) is 17.4. The predicted molar refractivity (Wildman–Crippen MR) is 96.9 cm³/mol. The summed E-state index contributed by atoms with van der Waals surface area (Å²) in [6, 6.07) is 15.2. The van der Waals surface area contributed by atoms with E-state index >= 15 is 0 Å². The van der Waals surface area contributed by atoms with Crippen molar-refractivity contribution in [1.29, 1.82) is 0 Å². The first kappa shape index (κ1) is 17.9. The van der Waals surface area contributed by atoms with Crippen LogP contribution in [0.2, 0.25) is 0 Å². The fraction of sp³-hybridized carbons (Fsp3) is 0.350. The van der Waals surface area contributed by atoms with Crippen LogP contribution in [0.15, 0.2) is 48.5 Å². The van der Waals surface area contributed by atoms with Gasteiger partial charge in [0, 0.05) is 11.8 Å². The molecule has 0 aliphatic rings. The molecular formula is C20H25NO3. The van der Waals surface area contributed by atoms with Gasteiger partial charge in [-0.2, -0.15) is 0 Å². The van der Waals surface area contributed by atoms with E-state index in [0.717, 1.165) is 12.2 Å². The van der Waals surface area contributed by atoms with Crippen LogP contribution in [0.5, 0.6) is 11.5 Å². The maximum atomic E-state index is 12.0. The summed E-state index contributed by atoms with van der Waals surface area (Å²) in [5.74, 6) is 1.72. The number of hydrogen-bond acceptors (Lipinski definition) is 3. The van der Waals surface area contributed by atoms with Crippen LogP contribution in [0.1, 0.15) is 38.7 Å². The summed E-state index contributed by atoms with van der Waals surface area (Å²) in [4.78, 5) is 12.0. The lowest BCUT2D eigenvalue weighted by molar-refractivity contribution is -0.118. The predicted octanol–water partition coefficient (Wildman–Crippen LogP) is 4.62. The van der Waals surface area contributed by atoms with Gasteiger partial charge in [0.1, 0.15) is 11.5 Å². The summed E-state index contributed by atoms with van der Waals surface area (Å²) in [5.41, 5.74) is 1.95. The van der Waals surface area contributed by atoms with E-state index < -0.39 is 0 Å². The highest BCUT2D eigenvalue weighted by molar-refractivity contribution is 5.92. The van der Waals surface area contributed by atoms with E-state index in [2.05, 4.69) is 26.1 Å². The van der Waals surface area contributed by atoms with Crippen molar-refractivity contribution in [3.05, 3.63) is 54.1 Å². The molecule has 0 saturated heterocycles. The second kappa shape index (κ2) is 8.96. The van der Waals surface area contributed by atoms with Crippen LogP contribution >= 0.6 is 0 Å². The summed E-state index contributed by atoms with van der Waals surface area (Å²) in [6.45, 7) is 6.97. The maximum absolute atomic E-state index is 12.0. The SMILES string of the molecule is CCCOc1cccc(NC(=O)COc2ccc(C(C)C)cc2)c1. The Morgan fingerprint density at radius 2 is 1.79 bits per heavy atom. The van der Waals surface area contributed by atoms with Gasteiger partial charge in [0.15, 0.2) is 6.61 Å². The van der Waals surface area contributed by atoms with Crippen molar-refractivity contribution in [2.24, 2.45) is 0 Å². The van der Waals surface area contributed by atoms with E-state index in [0.29, 0.717) is 24.0 Å². The molecule has 24 heavy (non-hydrogen) atoms. The second-order valence-electron chi connectivity index (χ2n) is 5.94. The van der Waals surface area contributed by atoms with Crippen molar-refractivity contribution >= 4 is 11.6 Å². The third kappa shape index (κ3) is 5.61. The molecule has 0 bridgehead atoms. The van der Waals surface area contributed by atoms with Crippen molar-refractivity contribution < 1.29 is 14.3 Å². The van der Waals surface area contributed by atoms with Crippen LogP contribution < -0.4 is 14.8 Å². The molecule has 1 N–H and O–H groups in total. The first-order chi connectivity index (χ1) is 11.6. The Kier molecular flexibility index (Phi) is 6.67. The number of hydrogen-bond donors (Lipinski definition) is 1. The van der Waals surface area contributed by atoms with Crippen molar-refractivity contribution in [3.63, 3.8) is 0 Å². The van der Waals surface area contributed by atoms with Gasteiger partial charge in [-0.3, -0.25) is 4.79 Å². The van der Waals surface area contributed by atoms with Crippen molar-refractivity contribution in [3.8, 4) is 11.5 Å². The lowest BCUT2D eigenvalue weighted by atomic mass is 10.0. The molecule has 4 nitrogen and oxygen atoms in total. The van der Waals surface area contributed by atoms with Crippen molar-refractivity contribution in [1.82, 2.24) is 0 Å². The maximum Gasteiger partial charge on any atom is 0.262 e. The molecule has 0 heterocycles. The molecule has 1 amide bonds. The van der Waals surface area contributed by atoms with E-state index in [4.69, 9.17) is 9.47 Å². The smallest absolute Gasteiger partial charge is 0.262 e. The normalized spacial score (nSPS) is 10.5. The molecule has 2 rings (SSSR count). The molecule has 0 saturated carbocycles. The van der Waals surface area contributed by atoms with Crippen molar-refractivity contribution in [2.45, 2.75) is 33.1 Å². The van der Waals surface area contributed by atoms with Gasteiger partial charge < -0.3 is 14.8 Å².